The Morgan fingerprint density at radius 2 is 2.00 bits per heavy atom. The predicted octanol–water partition coefficient (Wildman–Crippen LogP) is 0.884. The van der Waals surface area contributed by atoms with Crippen molar-refractivity contribution in [1.29, 1.82) is 0 Å². The number of hydrogen-bond donors (Lipinski definition) is 2. The molecule has 0 aliphatic heterocycles. The van der Waals surface area contributed by atoms with Crippen molar-refractivity contribution >= 4 is 8.25 Å². The van der Waals surface area contributed by atoms with Crippen LogP contribution in [0.3, 0.4) is 0 Å². The van der Waals surface area contributed by atoms with Crippen LogP contribution in [0.2, 0.25) is 0 Å². The summed E-state index contributed by atoms with van der Waals surface area (Å²) in [5.41, 5.74) is 10.8. The molecular formula is C8H21N2O3P. The number of nitrogens with two attached hydrogens (primary N) is 2. The molecule has 0 heterocycles. The molecule has 0 aliphatic rings. The Morgan fingerprint density at radius 1 is 1.36 bits per heavy atom. The van der Waals surface area contributed by atoms with Gasteiger partial charge in [0.2, 0.25) is 0 Å². The molecule has 0 fully saturated rings. The first-order valence-electron chi connectivity index (χ1n) is 4.87. The SMILES string of the molecule is CC(N)C(C)O[PH](=O)OCCCCN. The second-order valence-corrected chi connectivity index (χ2v) is 4.30. The standard InChI is InChI=1S/C8H21N2O3P/c1-7(10)8(2)13-14(11)12-6-4-3-5-9/h7-8,14H,3-6,9-10H2,1-2H3. The van der Waals surface area contributed by atoms with Crippen LogP contribution < -0.4 is 11.5 Å². The van der Waals surface area contributed by atoms with E-state index in [-0.39, 0.29) is 12.1 Å². The summed E-state index contributed by atoms with van der Waals surface area (Å²) in [5, 5.41) is 0. The van der Waals surface area contributed by atoms with Crippen LogP contribution in [0.4, 0.5) is 0 Å². The van der Waals surface area contributed by atoms with Crippen LogP contribution in [0.15, 0.2) is 0 Å². The monoisotopic (exact) mass is 224 g/mol. The zero-order valence-electron chi connectivity index (χ0n) is 8.86. The first kappa shape index (κ1) is 14.1. The van der Waals surface area contributed by atoms with Crippen molar-refractivity contribution in [3.8, 4) is 0 Å². The Labute approximate surface area is 86.1 Å². The third kappa shape index (κ3) is 7.47. The third-order valence-corrected chi connectivity index (χ3v) is 2.84. The first-order valence-corrected chi connectivity index (χ1v) is 6.09. The highest BCUT2D eigenvalue weighted by Crippen LogP contribution is 2.26. The molecule has 0 amide bonds. The van der Waals surface area contributed by atoms with Gasteiger partial charge >= 0.3 is 8.25 Å². The number of rotatable bonds is 8. The summed E-state index contributed by atoms with van der Waals surface area (Å²) in [5.74, 6) is 0. The molecule has 86 valence electrons. The van der Waals surface area contributed by atoms with Crippen molar-refractivity contribution < 1.29 is 13.6 Å². The van der Waals surface area contributed by atoms with Gasteiger partial charge < -0.3 is 20.5 Å². The van der Waals surface area contributed by atoms with E-state index in [0.717, 1.165) is 12.8 Å². The molecule has 5 nitrogen and oxygen atoms in total. The van der Waals surface area contributed by atoms with Crippen LogP contribution in [-0.2, 0) is 13.6 Å². The molecular weight excluding hydrogens is 203 g/mol. The van der Waals surface area contributed by atoms with Gasteiger partial charge in [0.15, 0.2) is 0 Å². The minimum absolute atomic E-state index is 0.142. The molecule has 0 aliphatic carbocycles. The van der Waals surface area contributed by atoms with Gasteiger partial charge in [0.05, 0.1) is 12.7 Å². The number of hydrogen-bond acceptors (Lipinski definition) is 5. The smallest absolute Gasteiger partial charge is 0.319 e. The van der Waals surface area contributed by atoms with E-state index in [1.54, 1.807) is 13.8 Å². The lowest BCUT2D eigenvalue weighted by molar-refractivity contribution is 0.158. The molecule has 0 saturated heterocycles. The van der Waals surface area contributed by atoms with Crippen LogP contribution in [0, 0.1) is 0 Å². The molecule has 0 bridgehead atoms. The third-order valence-electron chi connectivity index (χ3n) is 1.84. The van der Waals surface area contributed by atoms with Crippen LogP contribution in [-0.4, -0.2) is 25.3 Å². The van der Waals surface area contributed by atoms with Crippen molar-refractivity contribution in [2.45, 2.75) is 38.8 Å². The number of unbranched alkanes of at least 4 members (excludes halogenated alkanes) is 1. The van der Waals surface area contributed by atoms with Gasteiger partial charge in [-0.2, -0.15) is 0 Å². The van der Waals surface area contributed by atoms with Crippen LogP contribution in [0.1, 0.15) is 26.7 Å². The van der Waals surface area contributed by atoms with E-state index in [2.05, 4.69) is 0 Å². The maximum Gasteiger partial charge on any atom is 0.319 e. The zero-order chi connectivity index (χ0) is 11.0. The van der Waals surface area contributed by atoms with Crippen molar-refractivity contribution in [2.24, 2.45) is 11.5 Å². The van der Waals surface area contributed by atoms with E-state index >= 15 is 0 Å². The quantitative estimate of drug-likeness (QED) is 0.472. The lowest BCUT2D eigenvalue weighted by atomic mass is 10.2. The first-order chi connectivity index (χ1) is 6.57. The van der Waals surface area contributed by atoms with Gasteiger partial charge in [-0.05, 0) is 33.2 Å². The Kier molecular flexibility index (Phi) is 8.43. The molecule has 14 heavy (non-hydrogen) atoms. The second-order valence-electron chi connectivity index (χ2n) is 3.28. The fourth-order valence-corrected chi connectivity index (χ4v) is 1.59. The average Bonchev–Trinajstić information content (AvgIpc) is 2.12. The van der Waals surface area contributed by atoms with E-state index in [0.29, 0.717) is 13.2 Å². The summed E-state index contributed by atoms with van der Waals surface area (Å²) in [6.45, 7) is 4.63. The van der Waals surface area contributed by atoms with Gasteiger partial charge in [0.1, 0.15) is 0 Å². The van der Waals surface area contributed by atoms with Crippen LogP contribution in [0.5, 0.6) is 0 Å². The highest BCUT2D eigenvalue weighted by atomic mass is 31.1. The minimum Gasteiger partial charge on any atom is -0.330 e. The lowest BCUT2D eigenvalue weighted by Gasteiger charge is -2.15. The average molecular weight is 224 g/mol. The largest absolute Gasteiger partial charge is 0.330 e. The molecule has 0 aromatic carbocycles. The maximum atomic E-state index is 11.2. The van der Waals surface area contributed by atoms with Gasteiger partial charge in [0.25, 0.3) is 0 Å². The fourth-order valence-electron chi connectivity index (χ4n) is 0.695. The summed E-state index contributed by atoms with van der Waals surface area (Å²) in [4.78, 5) is 0. The summed E-state index contributed by atoms with van der Waals surface area (Å²) in [6, 6.07) is -0.142. The van der Waals surface area contributed by atoms with Gasteiger partial charge in [0, 0.05) is 6.04 Å². The Morgan fingerprint density at radius 3 is 2.50 bits per heavy atom. The van der Waals surface area contributed by atoms with Crippen molar-refractivity contribution in [3.05, 3.63) is 0 Å². The van der Waals surface area contributed by atoms with Gasteiger partial charge in [-0.3, -0.25) is 4.57 Å². The highest BCUT2D eigenvalue weighted by Gasteiger charge is 2.11. The van der Waals surface area contributed by atoms with E-state index < -0.39 is 8.25 Å². The molecule has 0 aromatic rings. The minimum atomic E-state index is -2.38. The van der Waals surface area contributed by atoms with Crippen molar-refractivity contribution in [2.75, 3.05) is 13.2 Å². The molecule has 3 atom stereocenters. The summed E-state index contributed by atoms with van der Waals surface area (Å²) >= 11 is 0. The van der Waals surface area contributed by atoms with Crippen molar-refractivity contribution in [3.63, 3.8) is 0 Å². The van der Waals surface area contributed by atoms with Crippen molar-refractivity contribution in [1.82, 2.24) is 0 Å². The molecule has 0 radical (unpaired) electrons. The molecule has 0 aromatic heterocycles. The molecule has 6 heteroatoms. The Bertz CT molecular complexity index is 167. The fraction of sp³-hybridized carbons (Fsp3) is 1.00. The maximum absolute atomic E-state index is 11.2. The molecule has 0 spiro atoms. The summed E-state index contributed by atoms with van der Waals surface area (Å²) < 4.78 is 21.2. The zero-order valence-corrected chi connectivity index (χ0v) is 9.86. The highest BCUT2D eigenvalue weighted by molar-refractivity contribution is 7.33. The summed E-state index contributed by atoms with van der Waals surface area (Å²) in [6.07, 6.45) is 1.44. The molecule has 0 rings (SSSR count). The van der Waals surface area contributed by atoms with Gasteiger partial charge in [-0.25, -0.2) is 0 Å². The van der Waals surface area contributed by atoms with E-state index in [1.807, 2.05) is 0 Å². The molecule has 4 N–H and O–H groups in total. The topological polar surface area (TPSA) is 87.6 Å². The Balaban J connectivity index is 3.45. The van der Waals surface area contributed by atoms with Crippen LogP contribution >= 0.6 is 8.25 Å². The second kappa shape index (κ2) is 8.38. The van der Waals surface area contributed by atoms with Crippen LogP contribution in [0.25, 0.3) is 0 Å². The van der Waals surface area contributed by atoms with E-state index in [4.69, 9.17) is 20.5 Å². The van der Waals surface area contributed by atoms with E-state index in [1.165, 1.54) is 0 Å². The van der Waals surface area contributed by atoms with Gasteiger partial charge in [-0.15, -0.1) is 0 Å². The van der Waals surface area contributed by atoms with Gasteiger partial charge in [-0.1, -0.05) is 0 Å². The molecule has 3 unspecified atom stereocenters. The van der Waals surface area contributed by atoms with E-state index in [9.17, 15) is 4.57 Å². The lowest BCUT2D eigenvalue weighted by Crippen LogP contribution is -2.29. The normalized spacial score (nSPS) is 17.7. The molecule has 0 saturated carbocycles. The predicted molar refractivity (Wildman–Crippen MR) is 57.4 cm³/mol. The Hall–Kier alpha value is 0.0700. The summed E-state index contributed by atoms with van der Waals surface area (Å²) in [7, 11) is -2.38.